The summed E-state index contributed by atoms with van der Waals surface area (Å²) in [6.45, 7) is 3.00. The quantitative estimate of drug-likeness (QED) is 0.759. The number of hydrogen-bond acceptors (Lipinski definition) is 9. The maximum absolute atomic E-state index is 11.3. The Bertz CT molecular complexity index is 1070. The van der Waals surface area contributed by atoms with Gasteiger partial charge in [0.15, 0.2) is 11.7 Å². The fourth-order valence-corrected chi connectivity index (χ4v) is 4.41. The Kier molecular flexibility index (Phi) is 4.74. The molecule has 0 spiro atoms. The molecule has 30 heavy (non-hydrogen) atoms. The van der Waals surface area contributed by atoms with Gasteiger partial charge in [-0.15, -0.1) is 0 Å². The van der Waals surface area contributed by atoms with Gasteiger partial charge >= 0.3 is 6.09 Å². The zero-order valence-electron chi connectivity index (χ0n) is 16.7. The molecule has 3 aliphatic rings. The average molecular weight is 427 g/mol. The van der Waals surface area contributed by atoms with Gasteiger partial charge in [-0.05, 0) is 37.4 Å². The van der Waals surface area contributed by atoms with Crippen molar-refractivity contribution in [2.75, 3.05) is 18.5 Å². The molecule has 156 valence electrons. The highest BCUT2D eigenvalue weighted by Crippen LogP contribution is 2.32. The van der Waals surface area contributed by atoms with Crippen molar-refractivity contribution in [2.45, 2.75) is 31.8 Å². The number of anilines is 1. The Morgan fingerprint density at radius 3 is 3.03 bits per heavy atom. The summed E-state index contributed by atoms with van der Waals surface area (Å²) in [7, 11) is 1.91. The number of amides is 1. The first-order valence-corrected chi connectivity index (χ1v) is 10.6. The molecular weight excluding hydrogens is 404 g/mol. The van der Waals surface area contributed by atoms with Gasteiger partial charge in [-0.25, -0.2) is 9.79 Å². The van der Waals surface area contributed by atoms with Gasteiger partial charge in [0, 0.05) is 25.0 Å². The van der Waals surface area contributed by atoms with Crippen molar-refractivity contribution in [1.29, 1.82) is 0 Å². The molecule has 11 heteroatoms. The van der Waals surface area contributed by atoms with Crippen molar-refractivity contribution in [3.05, 3.63) is 41.6 Å². The monoisotopic (exact) mass is 426 g/mol. The Morgan fingerprint density at radius 2 is 2.33 bits per heavy atom. The summed E-state index contributed by atoms with van der Waals surface area (Å²) in [5, 5.41) is 11.5. The van der Waals surface area contributed by atoms with Crippen molar-refractivity contribution in [3.8, 4) is 0 Å². The smallest absolute Gasteiger partial charge is 0.407 e. The molecule has 0 aliphatic carbocycles. The molecule has 5 heterocycles. The normalized spacial score (nSPS) is 22.8. The van der Waals surface area contributed by atoms with Crippen LogP contribution >= 0.6 is 11.5 Å². The number of allylic oxidation sites excluding steroid dienone is 1. The number of aryl methyl sites for hydroxylation is 2. The van der Waals surface area contributed by atoms with E-state index in [4.69, 9.17) is 14.7 Å². The lowest BCUT2D eigenvalue weighted by Gasteiger charge is -2.28. The number of carbonyl (C=O) groups is 1. The number of carbonyl (C=O) groups excluding carboxylic acids is 1. The number of aliphatic imine (C=N–C) groups is 2. The van der Waals surface area contributed by atoms with E-state index < -0.39 is 0 Å². The third-order valence-corrected chi connectivity index (χ3v) is 6.01. The summed E-state index contributed by atoms with van der Waals surface area (Å²) in [5.74, 6) is 1.53. The molecule has 2 aromatic heterocycles. The Hall–Kier alpha value is -3.21. The topological polar surface area (TPSA) is 109 Å². The van der Waals surface area contributed by atoms with Gasteiger partial charge in [-0.3, -0.25) is 9.67 Å². The molecule has 2 atom stereocenters. The molecule has 1 amide bonds. The molecule has 3 aliphatic heterocycles. The maximum Gasteiger partial charge on any atom is 0.407 e. The highest BCUT2D eigenvalue weighted by Gasteiger charge is 2.35. The number of aromatic nitrogens is 3. The van der Waals surface area contributed by atoms with Gasteiger partial charge in [0.2, 0.25) is 0 Å². The van der Waals surface area contributed by atoms with Crippen molar-refractivity contribution in [1.82, 2.24) is 24.4 Å². The van der Waals surface area contributed by atoms with Crippen molar-refractivity contribution in [3.63, 3.8) is 0 Å². The van der Waals surface area contributed by atoms with Gasteiger partial charge in [0.1, 0.15) is 11.6 Å². The van der Waals surface area contributed by atoms with Gasteiger partial charge in [-0.1, -0.05) is 0 Å². The number of alkyl carbamates (subject to hydrolysis) is 1. The predicted molar refractivity (Wildman–Crippen MR) is 114 cm³/mol. The minimum atomic E-state index is -0.352. The zero-order valence-corrected chi connectivity index (χ0v) is 17.5. The second-order valence-electron chi connectivity index (χ2n) is 7.55. The van der Waals surface area contributed by atoms with Crippen molar-refractivity contribution in [2.24, 2.45) is 17.0 Å². The van der Waals surface area contributed by atoms with E-state index in [1.807, 2.05) is 32.4 Å². The second-order valence-corrected chi connectivity index (χ2v) is 8.36. The summed E-state index contributed by atoms with van der Waals surface area (Å²) >= 11 is 1.40. The Balaban J connectivity index is 1.40. The molecule has 1 fully saturated rings. The van der Waals surface area contributed by atoms with Crippen LogP contribution in [0.15, 0.2) is 40.3 Å². The van der Waals surface area contributed by atoms with E-state index in [0.717, 1.165) is 34.2 Å². The predicted octanol–water partition coefficient (Wildman–Crippen LogP) is 2.19. The minimum Gasteiger partial charge on any atom is -0.447 e. The maximum atomic E-state index is 11.3. The number of ether oxygens (including phenoxy) is 1. The zero-order chi connectivity index (χ0) is 20.7. The molecule has 0 bridgehead atoms. The molecule has 2 unspecified atom stereocenters. The van der Waals surface area contributed by atoms with Crippen LogP contribution in [0.3, 0.4) is 0 Å². The molecule has 10 nitrogen and oxygen atoms in total. The summed E-state index contributed by atoms with van der Waals surface area (Å²) < 4.78 is 11.1. The number of nitrogens with one attached hydrogen (secondary N) is 2. The molecule has 0 radical (unpaired) electrons. The summed E-state index contributed by atoms with van der Waals surface area (Å²) in [4.78, 5) is 23.1. The standard InChI is InChI=1S/C19H22N8O2S/c1-11-5-16(30-25-11)24-17-18-20-7-15(12-6-21-26(2)8-12)27(18)9-13(22-17)3-4-14-10-29-19(28)23-14/h5-6,8-9,14-15H,3-4,7,10H2,1-2H3,(H,22,24)(H,23,28). The lowest BCUT2D eigenvalue weighted by Crippen LogP contribution is -2.38. The molecule has 2 N–H and O–H groups in total. The number of hydrogen-bond donors (Lipinski definition) is 2. The van der Waals surface area contributed by atoms with Gasteiger partial charge in [0.05, 0.1) is 36.2 Å². The highest BCUT2D eigenvalue weighted by atomic mass is 32.1. The van der Waals surface area contributed by atoms with E-state index in [1.54, 1.807) is 4.68 Å². The first-order valence-electron chi connectivity index (χ1n) is 9.80. The largest absolute Gasteiger partial charge is 0.447 e. The molecular formula is C19H22N8O2S. The van der Waals surface area contributed by atoms with Crippen LogP contribution in [0.2, 0.25) is 0 Å². The van der Waals surface area contributed by atoms with E-state index in [9.17, 15) is 4.79 Å². The van der Waals surface area contributed by atoms with Crippen molar-refractivity contribution < 1.29 is 9.53 Å². The molecule has 0 saturated carbocycles. The number of nitrogens with zero attached hydrogens (tertiary/aromatic N) is 6. The fourth-order valence-electron chi connectivity index (χ4n) is 3.75. The van der Waals surface area contributed by atoms with E-state index in [-0.39, 0.29) is 18.2 Å². The first kappa shape index (κ1) is 18.8. The van der Waals surface area contributed by atoms with E-state index >= 15 is 0 Å². The lowest BCUT2D eigenvalue weighted by molar-refractivity contribution is 0.176. The molecule has 1 saturated heterocycles. The number of rotatable bonds is 5. The van der Waals surface area contributed by atoms with Gasteiger partial charge in [-0.2, -0.15) is 9.47 Å². The van der Waals surface area contributed by atoms with Crippen LogP contribution in [0.5, 0.6) is 0 Å². The number of cyclic esters (lactones) is 1. The minimum absolute atomic E-state index is 0.0110. The summed E-state index contributed by atoms with van der Waals surface area (Å²) in [5.41, 5.74) is 3.00. The molecule has 0 aromatic carbocycles. The summed E-state index contributed by atoms with van der Waals surface area (Å²) in [6.07, 6.45) is 7.08. The van der Waals surface area contributed by atoms with Gasteiger partial charge < -0.3 is 20.3 Å². The van der Waals surface area contributed by atoms with Crippen molar-refractivity contribution >= 4 is 34.3 Å². The van der Waals surface area contributed by atoms with Crippen LogP contribution in [0.4, 0.5) is 9.80 Å². The molecule has 5 rings (SSSR count). The lowest BCUT2D eigenvalue weighted by atomic mass is 10.1. The first-order chi connectivity index (χ1) is 14.5. The Morgan fingerprint density at radius 1 is 1.43 bits per heavy atom. The van der Waals surface area contributed by atoms with Crippen LogP contribution in [0.1, 0.15) is 30.1 Å². The number of fused-ring (bicyclic) bond motifs is 1. The third kappa shape index (κ3) is 3.67. The van der Waals surface area contributed by atoms with E-state index in [1.165, 1.54) is 11.5 Å². The third-order valence-electron chi connectivity index (χ3n) is 5.22. The van der Waals surface area contributed by atoms with Crippen LogP contribution in [0, 0.1) is 6.92 Å². The van der Waals surface area contributed by atoms with Gasteiger partial charge in [0.25, 0.3) is 0 Å². The average Bonchev–Trinajstić information content (AvgIpc) is 3.49. The van der Waals surface area contributed by atoms with Crippen LogP contribution in [-0.2, 0) is 11.8 Å². The highest BCUT2D eigenvalue weighted by molar-refractivity contribution is 7.10. The van der Waals surface area contributed by atoms with Crippen LogP contribution in [0.25, 0.3) is 0 Å². The van der Waals surface area contributed by atoms with Crippen LogP contribution in [-0.4, -0.2) is 56.0 Å². The van der Waals surface area contributed by atoms with Crippen LogP contribution < -0.4 is 10.6 Å². The fraction of sp³-hybridized carbons (Fsp3) is 0.421. The Labute approximate surface area is 177 Å². The second kappa shape index (κ2) is 7.56. The van der Waals surface area contributed by atoms with E-state index in [2.05, 4.69) is 31.2 Å². The number of amidine groups is 2. The summed E-state index contributed by atoms with van der Waals surface area (Å²) in [6, 6.07) is 2.08. The van der Waals surface area contributed by atoms with E-state index in [0.29, 0.717) is 25.4 Å². The molecule has 2 aromatic rings. The SMILES string of the molecule is Cc1cc(NC2=NC(CCC3COC(=O)N3)=CN3C2=NCC3c2cnn(C)c2)sn1.